The Morgan fingerprint density at radius 2 is 1.85 bits per heavy atom. The van der Waals surface area contributed by atoms with Crippen LogP contribution in [0, 0.1) is 36.2 Å². The third-order valence-electron chi connectivity index (χ3n) is 3.29. The van der Waals surface area contributed by atoms with E-state index >= 15 is 0 Å². The highest BCUT2D eigenvalue weighted by atomic mass is 19.2. The highest BCUT2D eigenvalue weighted by Crippen LogP contribution is 2.30. The van der Waals surface area contributed by atoms with Crippen LogP contribution in [0.4, 0.5) is 24.5 Å². The van der Waals surface area contributed by atoms with Crippen LogP contribution in [-0.4, -0.2) is 19.6 Å². The van der Waals surface area contributed by atoms with Crippen molar-refractivity contribution < 1.29 is 22.7 Å². The van der Waals surface area contributed by atoms with E-state index in [9.17, 15) is 18.0 Å². The number of rotatable bonds is 4. The fourth-order valence-corrected chi connectivity index (χ4v) is 2.16. The van der Waals surface area contributed by atoms with Crippen molar-refractivity contribution in [1.29, 1.82) is 0 Å². The van der Waals surface area contributed by atoms with Crippen LogP contribution in [0.1, 0.15) is 35.3 Å². The lowest BCUT2D eigenvalue weighted by atomic mass is 10.0. The molecule has 7 heteroatoms. The van der Waals surface area contributed by atoms with Crippen LogP contribution in [0.15, 0.2) is 24.3 Å². The van der Waals surface area contributed by atoms with Crippen molar-refractivity contribution in [2.24, 2.45) is 5.73 Å². The number of amides is 1. The summed E-state index contributed by atoms with van der Waals surface area (Å²) in [7, 11) is 1.40. The first kappa shape index (κ1) is 22.1. The first-order chi connectivity index (χ1) is 12.8. The molecule has 0 saturated heterocycles. The number of methoxy groups -OCH3 is 1. The molecule has 0 saturated carbocycles. The number of nitrogens with two attached hydrogens (primary N) is 1. The Bertz CT molecular complexity index is 887. The first-order valence-corrected chi connectivity index (χ1v) is 8.18. The topological polar surface area (TPSA) is 64.3 Å². The number of aryl methyl sites for hydroxylation is 1. The van der Waals surface area contributed by atoms with Crippen LogP contribution < -0.4 is 11.1 Å². The molecule has 0 atom stereocenters. The monoisotopic (exact) mass is 378 g/mol. The number of benzene rings is 2. The Morgan fingerprint density at radius 3 is 2.41 bits per heavy atom. The molecule has 0 unspecified atom stereocenters. The Kier molecular flexibility index (Phi) is 8.36. The number of carbonyl (C=O) groups excluding carboxylic acids is 1. The van der Waals surface area contributed by atoms with Gasteiger partial charge in [0.2, 0.25) is 0 Å². The number of hydrogen-bond donors (Lipinski definition) is 2. The van der Waals surface area contributed by atoms with Crippen molar-refractivity contribution in [3.05, 3.63) is 58.4 Å². The van der Waals surface area contributed by atoms with E-state index in [-0.39, 0.29) is 23.4 Å². The van der Waals surface area contributed by atoms with Gasteiger partial charge in [-0.25, -0.2) is 13.2 Å². The number of ether oxygens (including phenoxy) is 1. The predicted octanol–water partition coefficient (Wildman–Crippen LogP) is 4.28. The van der Waals surface area contributed by atoms with Crippen molar-refractivity contribution in [2.75, 3.05) is 19.0 Å². The van der Waals surface area contributed by atoms with Crippen LogP contribution in [-0.2, 0) is 4.74 Å². The van der Waals surface area contributed by atoms with E-state index in [2.05, 4.69) is 17.2 Å². The zero-order chi connectivity index (χ0) is 20.6. The molecule has 0 aliphatic carbocycles. The van der Waals surface area contributed by atoms with Gasteiger partial charge in [-0.2, -0.15) is 0 Å². The van der Waals surface area contributed by atoms with E-state index in [0.717, 1.165) is 6.07 Å². The molecule has 0 aliphatic rings. The normalized spacial score (nSPS) is 9.59. The molecule has 4 nitrogen and oxygen atoms in total. The van der Waals surface area contributed by atoms with Crippen molar-refractivity contribution in [3.8, 4) is 11.8 Å². The molecule has 144 valence electrons. The van der Waals surface area contributed by atoms with Crippen LogP contribution in [0.2, 0.25) is 0 Å². The predicted molar refractivity (Wildman–Crippen MR) is 99.4 cm³/mol. The molecular weight excluding hydrogens is 357 g/mol. The molecule has 2 rings (SSSR count). The van der Waals surface area contributed by atoms with Gasteiger partial charge in [-0.15, -0.1) is 0 Å². The van der Waals surface area contributed by atoms with Crippen LogP contribution in [0.3, 0.4) is 0 Å². The van der Waals surface area contributed by atoms with Crippen LogP contribution in [0.5, 0.6) is 0 Å². The molecule has 27 heavy (non-hydrogen) atoms. The SMILES string of the molecule is CC.COCC#Cc1cc(F)c(F)c(Nc2ccc(C)cc2F)c1C(N)=O. The zero-order valence-electron chi connectivity index (χ0n) is 15.5. The number of hydrogen-bond acceptors (Lipinski definition) is 3. The van der Waals surface area contributed by atoms with Gasteiger partial charge in [0.15, 0.2) is 11.6 Å². The lowest BCUT2D eigenvalue weighted by molar-refractivity contribution is 0.100. The summed E-state index contributed by atoms with van der Waals surface area (Å²) in [6.07, 6.45) is 0. The summed E-state index contributed by atoms with van der Waals surface area (Å²) in [5, 5.41) is 2.40. The summed E-state index contributed by atoms with van der Waals surface area (Å²) in [4.78, 5) is 11.8. The molecule has 0 bridgehead atoms. The van der Waals surface area contributed by atoms with E-state index in [1.54, 1.807) is 13.0 Å². The summed E-state index contributed by atoms with van der Waals surface area (Å²) in [6, 6.07) is 4.89. The molecule has 2 aromatic rings. The zero-order valence-corrected chi connectivity index (χ0v) is 15.5. The quantitative estimate of drug-likeness (QED) is 0.781. The molecule has 0 aliphatic heterocycles. The number of halogens is 3. The lowest BCUT2D eigenvalue weighted by Gasteiger charge is -2.14. The highest BCUT2D eigenvalue weighted by Gasteiger charge is 2.22. The Morgan fingerprint density at radius 1 is 1.19 bits per heavy atom. The van der Waals surface area contributed by atoms with Crippen molar-refractivity contribution in [1.82, 2.24) is 0 Å². The summed E-state index contributed by atoms with van der Waals surface area (Å²) in [6.45, 7) is 5.69. The van der Waals surface area contributed by atoms with Crippen molar-refractivity contribution >= 4 is 17.3 Å². The summed E-state index contributed by atoms with van der Waals surface area (Å²) in [5.41, 5.74) is 4.73. The molecular formula is C20H21F3N2O2. The van der Waals surface area contributed by atoms with Gasteiger partial charge in [0.1, 0.15) is 12.4 Å². The minimum Gasteiger partial charge on any atom is -0.372 e. The summed E-state index contributed by atoms with van der Waals surface area (Å²) in [5.74, 6) is 0.705. The average Bonchev–Trinajstić information content (AvgIpc) is 2.63. The summed E-state index contributed by atoms with van der Waals surface area (Å²) < 4.78 is 46.9. The Labute approximate surface area is 156 Å². The number of primary amides is 1. The molecule has 0 radical (unpaired) electrons. The third kappa shape index (κ3) is 5.50. The van der Waals surface area contributed by atoms with Gasteiger partial charge in [-0.05, 0) is 30.7 Å². The van der Waals surface area contributed by atoms with Crippen LogP contribution in [0.25, 0.3) is 0 Å². The van der Waals surface area contributed by atoms with Crippen molar-refractivity contribution in [2.45, 2.75) is 20.8 Å². The van der Waals surface area contributed by atoms with Gasteiger partial charge in [-0.1, -0.05) is 31.8 Å². The van der Waals surface area contributed by atoms with Gasteiger partial charge in [0.25, 0.3) is 5.91 Å². The fourth-order valence-electron chi connectivity index (χ4n) is 2.16. The van der Waals surface area contributed by atoms with Crippen LogP contribution >= 0.6 is 0 Å². The molecule has 0 heterocycles. The Hall–Kier alpha value is -2.98. The largest absolute Gasteiger partial charge is 0.372 e. The minimum atomic E-state index is -1.36. The molecule has 3 N–H and O–H groups in total. The molecule has 2 aromatic carbocycles. The highest BCUT2D eigenvalue weighted by molar-refractivity contribution is 6.02. The van der Waals surface area contributed by atoms with E-state index in [0.29, 0.717) is 5.56 Å². The van der Waals surface area contributed by atoms with Gasteiger partial charge < -0.3 is 15.8 Å². The molecule has 0 aromatic heterocycles. The number of anilines is 2. The average molecular weight is 378 g/mol. The number of nitrogens with one attached hydrogen (secondary N) is 1. The Balaban J connectivity index is 0.00000176. The molecule has 1 amide bonds. The standard InChI is InChI=1S/C18H15F3N2O2.C2H6/c1-10-5-6-14(12(19)8-10)23-17-15(18(22)24)11(4-3-7-25-2)9-13(20)16(17)21;1-2/h5-6,8-9,23H,7H2,1-2H3,(H2,22,24);1-2H3. The minimum absolute atomic E-state index is 0.0204. The maximum atomic E-state index is 14.2. The van der Waals surface area contributed by atoms with E-state index in [1.165, 1.54) is 19.2 Å². The van der Waals surface area contributed by atoms with E-state index in [1.807, 2.05) is 13.8 Å². The fraction of sp³-hybridized carbons (Fsp3) is 0.250. The summed E-state index contributed by atoms with van der Waals surface area (Å²) >= 11 is 0. The van der Waals surface area contributed by atoms with Gasteiger partial charge in [-0.3, -0.25) is 4.79 Å². The second kappa shape index (κ2) is 10.2. The first-order valence-electron chi connectivity index (χ1n) is 8.18. The lowest BCUT2D eigenvalue weighted by Crippen LogP contribution is -2.17. The number of carbonyl (C=O) groups is 1. The second-order valence-electron chi connectivity index (χ2n) is 5.18. The van der Waals surface area contributed by atoms with Gasteiger partial charge >= 0.3 is 0 Å². The van der Waals surface area contributed by atoms with E-state index < -0.39 is 29.0 Å². The third-order valence-corrected chi connectivity index (χ3v) is 3.29. The molecule has 0 fully saturated rings. The van der Waals surface area contributed by atoms with Crippen molar-refractivity contribution in [3.63, 3.8) is 0 Å². The van der Waals surface area contributed by atoms with E-state index in [4.69, 9.17) is 10.5 Å². The van der Waals surface area contributed by atoms with Gasteiger partial charge in [0.05, 0.1) is 16.9 Å². The maximum Gasteiger partial charge on any atom is 0.252 e. The smallest absolute Gasteiger partial charge is 0.252 e. The second-order valence-corrected chi connectivity index (χ2v) is 5.18. The van der Waals surface area contributed by atoms with Gasteiger partial charge in [0, 0.05) is 12.7 Å². The molecule has 0 spiro atoms. The maximum absolute atomic E-state index is 14.2.